The van der Waals surface area contributed by atoms with Crippen molar-refractivity contribution in [2.45, 2.75) is 52.5 Å². The van der Waals surface area contributed by atoms with Crippen LogP contribution in [0.25, 0.3) is 17.1 Å². The Morgan fingerprint density at radius 3 is 2.79 bits per heavy atom. The highest BCUT2D eigenvalue weighted by Crippen LogP contribution is 2.21. The predicted molar refractivity (Wildman–Crippen MR) is 114 cm³/mol. The summed E-state index contributed by atoms with van der Waals surface area (Å²) in [4.78, 5) is 18.5. The zero-order valence-corrected chi connectivity index (χ0v) is 17.4. The van der Waals surface area contributed by atoms with Gasteiger partial charge in [-0.3, -0.25) is 10.0 Å². The van der Waals surface area contributed by atoms with Crippen molar-refractivity contribution in [3.05, 3.63) is 35.7 Å². The summed E-state index contributed by atoms with van der Waals surface area (Å²) in [5.41, 5.74) is 4.44. The zero-order chi connectivity index (χ0) is 21.1. The maximum absolute atomic E-state index is 11.2. The molecule has 0 aliphatic heterocycles. The number of imidazole rings is 1. The van der Waals surface area contributed by atoms with E-state index < -0.39 is 5.91 Å². The number of nitrogens with one attached hydrogen (secondary N) is 1. The lowest BCUT2D eigenvalue weighted by Gasteiger charge is -2.19. The van der Waals surface area contributed by atoms with Crippen molar-refractivity contribution in [2.75, 3.05) is 19.6 Å². The maximum Gasteiger partial charge on any atom is 0.267 e. The largest absolute Gasteiger partial charge is 0.327 e. The Balaban J connectivity index is 2.24. The van der Waals surface area contributed by atoms with Gasteiger partial charge < -0.3 is 9.47 Å². The van der Waals surface area contributed by atoms with E-state index in [9.17, 15) is 4.79 Å². The van der Waals surface area contributed by atoms with Gasteiger partial charge in [-0.15, -0.1) is 0 Å². The molecule has 0 saturated carbocycles. The quantitative estimate of drug-likeness (QED) is 0.247. The monoisotopic (exact) mass is 397 g/mol. The number of hydroxylamine groups is 1. The summed E-state index contributed by atoms with van der Waals surface area (Å²) in [7, 11) is 0. The number of likely N-dealkylation sites (N-methyl/N-ethyl adjacent to an activating group) is 1. The molecule has 0 atom stereocenters. The molecule has 7 heteroatoms. The first-order valence-corrected chi connectivity index (χ1v) is 10.3. The maximum atomic E-state index is 11.2. The van der Waals surface area contributed by atoms with Crippen LogP contribution in [0.4, 0.5) is 0 Å². The molecule has 0 bridgehead atoms. The number of carbonyl (C=O) groups excluding carboxylic acids is 1. The van der Waals surface area contributed by atoms with Crippen molar-refractivity contribution in [3.8, 4) is 6.07 Å². The summed E-state index contributed by atoms with van der Waals surface area (Å²) in [5.74, 6) is 0.506. The SMILES string of the molecule is CCN(CC)CCn1c(CCCCCC#N)nc2cc(/C=C/C(=O)NO)ccc21. The van der Waals surface area contributed by atoms with Crippen LogP contribution in [0.5, 0.6) is 0 Å². The Kier molecular flexibility index (Phi) is 9.35. The summed E-state index contributed by atoms with van der Waals surface area (Å²) >= 11 is 0. The van der Waals surface area contributed by atoms with Gasteiger partial charge >= 0.3 is 0 Å². The minimum absolute atomic E-state index is 0.562. The fraction of sp³-hybridized carbons (Fsp3) is 0.500. The summed E-state index contributed by atoms with van der Waals surface area (Å²) in [6.07, 6.45) is 7.40. The first-order chi connectivity index (χ1) is 14.1. The van der Waals surface area contributed by atoms with Crippen molar-refractivity contribution >= 4 is 23.0 Å². The number of unbranched alkanes of at least 4 members (excludes halogenated alkanes) is 3. The van der Waals surface area contributed by atoms with Crippen LogP contribution in [0, 0.1) is 11.3 Å². The highest BCUT2D eigenvalue weighted by Gasteiger charge is 2.12. The second-order valence-corrected chi connectivity index (χ2v) is 6.98. The van der Waals surface area contributed by atoms with Gasteiger partial charge in [0.2, 0.25) is 0 Å². The number of rotatable bonds is 12. The molecule has 156 valence electrons. The van der Waals surface area contributed by atoms with Crippen molar-refractivity contribution in [1.82, 2.24) is 19.9 Å². The number of aromatic nitrogens is 2. The summed E-state index contributed by atoms with van der Waals surface area (Å²) < 4.78 is 2.30. The van der Waals surface area contributed by atoms with Crippen LogP contribution in [0.15, 0.2) is 24.3 Å². The Bertz CT molecular complexity index is 862. The molecule has 1 amide bonds. The highest BCUT2D eigenvalue weighted by atomic mass is 16.5. The number of hydrogen-bond acceptors (Lipinski definition) is 5. The molecule has 29 heavy (non-hydrogen) atoms. The number of fused-ring (bicyclic) bond motifs is 1. The van der Waals surface area contributed by atoms with E-state index >= 15 is 0 Å². The van der Waals surface area contributed by atoms with Crippen LogP contribution < -0.4 is 5.48 Å². The molecular weight excluding hydrogens is 366 g/mol. The summed E-state index contributed by atoms with van der Waals surface area (Å²) in [5, 5.41) is 17.3. The van der Waals surface area contributed by atoms with E-state index in [0.29, 0.717) is 6.42 Å². The number of aryl methyl sites for hydroxylation is 1. The lowest BCUT2D eigenvalue weighted by molar-refractivity contribution is -0.124. The molecule has 2 rings (SSSR count). The van der Waals surface area contributed by atoms with Crippen LogP contribution in [-0.4, -0.2) is 45.2 Å². The third kappa shape index (κ3) is 6.70. The van der Waals surface area contributed by atoms with E-state index in [1.54, 1.807) is 11.6 Å². The van der Waals surface area contributed by atoms with Crippen LogP contribution in [-0.2, 0) is 17.8 Å². The Hall–Kier alpha value is -2.69. The summed E-state index contributed by atoms with van der Waals surface area (Å²) in [6, 6.07) is 8.16. The van der Waals surface area contributed by atoms with Gasteiger partial charge in [0.05, 0.1) is 17.1 Å². The molecule has 0 fully saturated rings. The molecule has 2 N–H and O–H groups in total. The number of nitriles is 1. The molecule has 0 aliphatic carbocycles. The van der Waals surface area contributed by atoms with E-state index in [0.717, 1.165) is 74.3 Å². The third-order valence-corrected chi connectivity index (χ3v) is 5.11. The Morgan fingerprint density at radius 1 is 1.31 bits per heavy atom. The van der Waals surface area contributed by atoms with E-state index in [4.69, 9.17) is 15.5 Å². The molecule has 2 aromatic rings. The van der Waals surface area contributed by atoms with Gasteiger partial charge in [-0.25, -0.2) is 10.5 Å². The highest BCUT2D eigenvalue weighted by molar-refractivity contribution is 5.91. The average Bonchev–Trinajstić information content (AvgIpc) is 3.09. The first kappa shape index (κ1) is 22.6. The van der Waals surface area contributed by atoms with Gasteiger partial charge in [0.25, 0.3) is 5.91 Å². The second kappa shape index (κ2) is 12.0. The standard InChI is InChI=1S/C22H31N5O2/c1-3-26(4-2)15-16-27-20-12-10-18(11-13-22(28)25-29)17-19(20)24-21(27)9-7-5-6-8-14-23/h10-13,17,29H,3-9,15-16H2,1-2H3,(H,25,28)/b13-11+. The van der Waals surface area contributed by atoms with E-state index in [2.05, 4.69) is 29.4 Å². The predicted octanol–water partition coefficient (Wildman–Crippen LogP) is 3.52. The third-order valence-electron chi connectivity index (χ3n) is 5.11. The number of benzene rings is 1. The lowest BCUT2D eigenvalue weighted by Crippen LogP contribution is -2.27. The molecule has 0 spiro atoms. The fourth-order valence-corrected chi connectivity index (χ4v) is 3.40. The molecule has 0 radical (unpaired) electrons. The normalized spacial score (nSPS) is 11.4. The van der Waals surface area contributed by atoms with Gasteiger partial charge in [0.15, 0.2) is 0 Å². The van der Waals surface area contributed by atoms with Crippen molar-refractivity contribution < 1.29 is 10.0 Å². The fourth-order valence-electron chi connectivity index (χ4n) is 3.40. The van der Waals surface area contributed by atoms with Gasteiger partial charge in [-0.2, -0.15) is 5.26 Å². The zero-order valence-electron chi connectivity index (χ0n) is 17.4. The Morgan fingerprint density at radius 2 is 2.10 bits per heavy atom. The lowest BCUT2D eigenvalue weighted by atomic mass is 10.1. The van der Waals surface area contributed by atoms with Crippen LogP contribution in [0.3, 0.4) is 0 Å². The average molecular weight is 398 g/mol. The minimum atomic E-state index is -0.562. The van der Waals surface area contributed by atoms with Gasteiger partial charge in [-0.05, 0) is 49.7 Å². The molecule has 1 aromatic heterocycles. The smallest absolute Gasteiger partial charge is 0.267 e. The first-order valence-electron chi connectivity index (χ1n) is 10.3. The summed E-state index contributed by atoms with van der Waals surface area (Å²) in [6.45, 7) is 8.24. The van der Waals surface area contributed by atoms with Crippen LogP contribution in [0.2, 0.25) is 0 Å². The number of carbonyl (C=O) groups is 1. The van der Waals surface area contributed by atoms with E-state index in [-0.39, 0.29) is 0 Å². The molecule has 1 heterocycles. The van der Waals surface area contributed by atoms with E-state index in [1.807, 2.05) is 18.2 Å². The number of amides is 1. The minimum Gasteiger partial charge on any atom is -0.327 e. The van der Waals surface area contributed by atoms with Crippen molar-refractivity contribution in [3.63, 3.8) is 0 Å². The van der Waals surface area contributed by atoms with Gasteiger partial charge in [-0.1, -0.05) is 26.3 Å². The van der Waals surface area contributed by atoms with Gasteiger partial charge in [0.1, 0.15) is 5.82 Å². The van der Waals surface area contributed by atoms with Gasteiger partial charge in [0, 0.05) is 32.0 Å². The van der Waals surface area contributed by atoms with Crippen LogP contribution >= 0.6 is 0 Å². The van der Waals surface area contributed by atoms with E-state index in [1.165, 1.54) is 6.08 Å². The molecule has 0 unspecified atom stereocenters. The number of nitrogens with zero attached hydrogens (tertiary/aromatic N) is 4. The molecular formula is C22H31N5O2. The van der Waals surface area contributed by atoms with Crippen molar-refractivity contribution in [2.24, 2.45) is 0 Å². The number of hydrogen-bond donors (Lipinski definition) is 2. The second-order valence-electron chi connectivity index (χ2n) is 6.98. The molecule has 1 aromatic carbocycles. The Labute approximate surface area is 172 Å². The molecule has 0 saturated heterocycles. The van der Waals surface area contributed by atoms with Crippen LogP contribution in [0.1, 0.15) is 50.9 Å². The molecule has 0 aliphatic rings. The van der Waals surface area contributed by atoms with Crippen molar-refractivity contribution in [1.29, 1.82) is 5.26 Å². The topological polar surface area (TPSA) is 94.2 Å². The molecule has 7 nitrogen and oxygen atoms in total.